The first-order valence-electron chi connectivity index (χ1n) is 14.5. The molecule has 4 rings (SSSR count). The van der Waals surface area contributed by atoms with E-state index in [-0.39, 0.29) is 42.0 Å². The Morgan fingerprint density at radius 3 is 2.09 bits per heavy atom. The molecule has 1 aliphatic heterocycles. The van der Waals surface area contributed by atoms with E-state index in [0.29, 0.717) is 57.3 Å². The third kappa shape index (κ3) is 8.43. The first-order valence-corrected chi connectivity index (χ1v) is 14.5. The van der Waals surface area contributed by atoms with Crippen LogP contribution in [0.3, 0.4) is 0 Å². The molecule has 2 aromatic rings. The fraction of sp³-hybridized carbons (Fsp3) is 0.548. The maximum absolute atomic E-state index is 13.5. The van der Waals surface area contributed by atoms with Gasteiger partial charge in [0, 0.05) is 31.0 Å². The number of nitrogens with one attached hydrogen (secondary N) is 1. The fourth-order valence-electron chi connectivity index (χ4n) is 5.95. The van der Waals surface area contributed by atoms with Gasteiger partial charge in [-0.3, -0.25) is 4.79 Å². The minimum absolute atomic E-state index is 0.00490. The van der Waals surface area contributed by atoms with Gasteiger partial charge < -0.3 is 19.7 Å². The molecule has 0 aromatic heterocycles. The van der Waals surface area contributed by atoms with Crippen LogP contribution in [0.4, 0.5) is 31.1 Å². The number of piperidine rings is 1. The van der Waals surface area contributed by atoms with Crippen LogP contribution in [0.25, 0.3) is 0 Å². The van der Waals surface area contributed by atoms with E-state index in [4.69, 9.17) is 9.47 Å². The van der Waals surface area contributed by atoms with Crippen molar-refractivity contribution < 1.29 is 45.4 Å². The van der Waals surface area contributed by atoms with Crippen molar-refractivity contribution in [3.05, 3.63) is 70.8 Å². The van der Waals surface area contributed by atoms with Gasteiger partial charge >= 0.3 is 18.4 Å². The summed E-state index contributed by atoms with van der Waals surface area (Å²) in [5, 5.41) is 2.82. The molecule has 0 bridgehead atoms. The number of nitrogens with zero attached hydrogens (tertiary/aromatic N) is 1. The second-order valence-corrected chi connectivity index (χ2v) is 11.2. The largest absolute Gasteiger partial charge is 0.450 e. The summed E-state index contributed by atoms with van der Waals surface area (Å²) in [5.74, 6) is -0.551. The Morgan fingerprint density at radius 2 is 1.53 bits per heavy atom. The molecule has 0 unspecified atom stereocenters. The SMILES string of the molecule is CCOC(=O)N[C@H]1CC[C@H](C(=O)N2CC[C@H](O[C@H](C)c3cc(C(F)(F)F)cc(C(F)(F)F)c3)[C@H](c3ccccc3)C2)CC1. The van der Waals surface area contributed by atoms with Gasteiger partial charge in [-0.05, 0) is 75.3 Å². The van der Waals surface area contributed by atoms with Crippen LogP contribution in [0.15, 0.2) is 48.5 Å². The van der Waals surface area contributed by atoms with Gasteiger partial charge in [0.05, 0.1) is 29.9 Å². The first-order chi connectivity index (χ1) is 20.3. The summed E-state index contributed by atoms with van der Waals surface area (Å²) in [7, 11) is 0. The lowest BCUT2D eigenvalue weighted by atomic mass is 9.83. The van der Waals surface area contributed by atoms with Gasteiger partial charge in [-0.2, -0.15) is 26.3 Å². The summed E-state index contributed by atoms with van der Waals surface area (Å²) in [6.07, 6.45) is -9.13. The predicted molar refractivity (Wildman–Crippen MR) is 146 cm³/mol. The summed E-state index contributed by atoms with van der Waals surface area (Å²) in [6.45, 7) is 4.09. The van der Waals surface area contributed by atoms with Gasteiger partial charge in [-0.15, -0.1) is 0 Å². The zero-order valence-electron chi connectivity index (χ0n) is 24.0. The van der Waals surface area contributed by atoms with Crippen LogP contribution in [-0.2, 0) is 26.6 Å². The molecule has 1 saturated carbocycles. The quantitative estimate of drug-likeness (QED) is 0.328. The monoisotopic (exact) mass is 614 g/mol. The van der Waals surface area contributed by atoms with E-state index in [1.54, 1.807) is 11.8 Å². The number of carbonyl (C=O) groups excluding carboxylic acids is 2. The van der Waals surface area contributed by atoms with Gasteiger partial charge in [-0.1, -0.05) is 30.3 Å². The summed E-state index contributed by atoms with van der Waals surface area (Å²) in [4.78, 5) is 27.1. The van der Waals surface area contributed by atoms with Gasteiger partial charge in [-0.25, -0.2) is 4.79 Å². The Morgan fingerprint density at radius 1 is 0.930 bits per heavy atom. The lowest BCUT2D eigenvalue weighted by molar-refractivity contribution is -0.143. The molecule has 2 amide bonds. The lowest BCUT2D eigenvalue weighted by Crippen LogP contribution is -2.49. The number of benzene rings is 2. The molecular weight excluding hydrogens is 578 g/mol. The van der Waals surface area contributed by atoms with Crippen molar-refractivity contribution in [2.75, 3.05) is 19.7 Å². The summed E-state index contributed by atoms with van der Waals surface area (Å²) < 4.78 is 91.9. The molecule has 3 atom stereocenters. The third-order valence-corrected chi connectivity index (χ3v) is 8.22. The molecule has 1 aliphatic carbocycles. The molecule has 1 saturated heterocycles. The van der Waals surface area contributed by atoms with Gasteiger partial charge in [0.15, 0.2) is 0 Å². The normalized spacial score (nSPS) is 23.9. The molecular formula is C31H36F6N2O4. The Bertz CT molecular complexity index is 1210. The van der Waals surface area contributed by atoms with Crippen LogP contribution < -0.4 is 5.32 Å². The Labute approximate surface area is 246 Å². The highest BCUT2D eigenvalue weighted by atomic mass is 19.4. The Hall–Kier alpha value is -3.28. The Kier molecular flexibility index (Phi) is 10.3. The number of likely N-dealkylation sites (tertiary alicyclic amines) is 1. The summed E-state index contributed by atoms with van der Waals surface area (Å²) in [6, 6.07) is 10.7. The van der Waals surface area contributed by atoms with E-state index in [1.165, 1.54) is 6.92 Å². The minimum atomic E-state index is -4.96. The fourth-order valence-corrected chi connectivity index (χ4v) is 5.95. The van der Waals surface area contributed by atoms with E-state index in [2.05, 4.69) is 5.32 Å². The maximum Gasteiger partial charge on any atom is 0.416 e. The zero-order valence-corrected chi connectivity index (χ0v) is 24.0. The highest BCUT2D eigenvalue weighted by molar-refractivity contribution is 5.79. The second kappa shape index (κ2) is 13.6. The average Bonchev–Trinajstić information content (AvgIpc) is 2.97. The van der Waals surface area contributed by atoms with Crippen molar-refractivity contribution in [1.29, 1.82) is 0 Å². The van der Waals surface area contributed by atoms with Crippen molar-refractivity contribution in [2.24, 2.45) is 5.92 Å². The molecule has 1 N–H and O–H groups in total. The molecule has 2 aromatic carbocycles. The van der Waals surface area contributed by atoms with Crippen molar-refractivity contribution in [3.8, 4) is 0 Å². The maximum atomic E-state index is 13.5. The van der Waals surface area contributed by atoms with E-state index in [9.17, 15) is 35.9 Å². The number of carbonyl (C=O) groups is 2. The topological polar surface area (TPSA) is 67.9 Å². The minimum Gasteiger partial charge on any atom is -0.450 e. The van der Waals surface area contributed by atoms with Crippen LogP contribution in [0.1, 0.15) is 80.2 Å². The van der Waals surface area contributed by atoms with Gasteiger partial charge in [0.1, 0.15) is 0 Å². The number of halogens is 6. The number of alkyl carbamates (subject to hydrolysis) is 1. The average molecular weight is 615 g/mol. The molecule has 6 nitrogen and oxygen atoms in total. The first kappa shape index (κ1) is 32.6. The Balaban J connectivity index is 1.48. The molecule has 0 spiro atoms. The molecule has 12 heteroatoms. The molecule has 236 valence electrons. The second-order valence-electron chi connectivity index (χ2n) is 11.2. The number of hydrogen-bond donors (Lipinski definition) is 1. The zero-order chi connectivity index (χ0) is 31.4. The van der Waals surface area contributed by atoms with E-state index < -0.39 is 41.8 Å². The molecule has 2 fully saturated rings. The van der Waals surface area contributed by atoms with Crippen LogP contribution in [-0.4, -0.2) is 48.7 Å². The molecule has 1 heterocycles. The van der Waals surface area contributed by atoms with Crippen molar-refractivity contribution in [1.82, 2.24) is 10.2 Å². The number of ether oxygens (including phenoxy) is 2. The molecule has 2 aliphatic rings. The number of hydrogen-bond acceptors (Lipinski definition) is 4. The van der Waals surface area contributed by atoms with E-state index in [1.807, 2.05) is 30.3 Å². The highest BCUT2D eigenvalue weighted by Crippen LogP contribution is 2.40. The van der Waals surface area contributed by atoms with Gasteiger partial charge in [0.2, 0.25) is 5.91 Å². The molecule has 43 heavy (non-hydrogen) atoms. The van der Waals surface area contributed by atoms with Crippen molar-refractivity contribution in [3.63, 3.8) is 0 Å². The number of alkyl halides is 6. The smallest absolute Gasteiger partial charge is 0.416 e. The van der Waals surface area contributed by atoms with Crippen molar-refractivity contribution in [2.45, 2.75) is 82.5 Å². The van der Waals surface area contributed by atoms with Crippen LogP contribution in [0.2, 0.25) is 0 Å². The highest BCUT2D eigenvalue weighted by Gasteiger charge is 2.40. The van der Waals surface area contributed by atoms with Crippen molar-refractivity contribution >= 4 is 12.0 Å². The summed E-state index contributed by atoms with van der Waals surface area (Å²) in [5.41, 5.74) is -2.14. The van der Waals surface area contributed by atoms with Crippen LogP contribution in [0, 0.1) is 5.92 Å². The summed E-state index contributed by atoms with van der Waals surface area (Å²) >= 11 is 0. The standard InChI is InChI=1S/C31H36F6N2O4/c1-3-42-29(41)38-25-11-9-21(10-12-25)28(40)39-14-13-27(26(18-39)20-7-5-4-6-8-20)43-19(2)22-15-23(30(32,33)34)17-24(16-22)31(35,36)37/h4-8,15-17,19,21,25-27H,3,9-14,18H2,1-2H3,(H,38,41)/t19-,21-,25-,26+,27+/m1/s1. The van der Waals surface area contributed by atoms with Crippen LogP contribution in [0.5, 0.6) is 0 Å². The molecule has 0 radical (unpaired) electrons. The van der Waals surface area contributed by atoms with Gasteiger partial charge in [0.25, 0.3) is 0 Å². The number of rotatable bonds is 7. The third-order valence-electron chi connectivity index (χ3n) is 8.22. The van der Waals surface area contributed by atoms with E-state index >= 15 is 0 Å². The number of amides is 2. The van der Waals surface area contributed by atoms with E-state index in [0.717, 1.165) is 5.56 Å². The predicted octanol–water partition coefficient (Wildman–Crippen LogP) is 7.49. The lowest BCUT2D eigenvalue weighted by Gasteiger charge is -2.41. The van der Waals surface area contributed by atoms with Crippen LogP contribution >= 0.6 is 0 Å².